The van der Waals surface area contributed by atoms with Crippen LogP contribution in [0, 0.1) is 20.8 Å². The fourth-order valence-electron chi connectivity index (χ4n) is 1.42. The van der Waals surface area contributed by atoms with E-state index in [-0.39, 0.29) is 0 Å². The quantitative estimate of drug-likeness (QED) is 0.620. The molecule has 0 aliphatic heterocycles. The minimum atomic E-state index is 0.306. The molecule has 1 rings (SSSR count). The van der Waals surface area contributed by atoms with E-state index in [1.54, 1.807) is 0 Å². The Hall–Kier alpha value is -1.29. The second-order valence-electron chi connectivity index (χ2n) is 3.84. The van der Waals surface area contributed by atoms with Crippen LogP contribution in [0.4, 0.5) is 0 Å². The maximum Gasteiger partial charge on any atom is 0.163 e. The smallest absolute Gasteiger partial charge is 0.163 e. The zero-order valence-electron chi connectivity index (χ0n) is 9.96. The van der Waals surface area contributed by atoms with Crippen LogP contribution in [0.25, 0.3) is 0 Å². The average molecular weight is 238 g/mol. The molecule has 0 saturated carbocycles. The van der Waals surface area contributed by atoms with Gasteiger partial charge in [-0.2, -0.15) is 0 Å². The molecule has 0 aliphatic rings. The van der Waals surface area contributed by atoms with Crippen LogP contribution in [0.1, 0.15) is 16.7 Å². The van der Waals surface area contributed by atoms with Crippen LogP contribution in [0.3, 0.4) is 0 Å². The van der Waals surface area contributed by atoms with Gasteiger partial charge in [-0.25, -0.2) is 0 Å². The lowest BCUT2D eigenvalue weighted by molar-refractivity contribution is 0.320. The third-order valence-corrected chi connectivity index (χ3v) is 2.59. The lowest BCUT2D eigenvalue weighted by atomic mass is 10.1. The van der Waals surface area contributed by atoms with Gasteiger partial charge in [0.05, 0.1) is 6.54 Å². The Balaban J connectivity index is 2.54. The molecule has 3 N–H and O–H groups in total. The largest absolute Gasteiger partial charge is 0.491 e. The SMILES string of the molecule is Cc1cc(C)c(OCCNC(N)=S)cc1C. The number of thiocarbonyl (C=S) groups is 1. The molecule has 0 atom stereocenters. The number of benzene rings is 1. The lowest BCUT2D eigenvalue weighted by Crippen LogP contribution is -2.32. The number of aryl methyl sites for hydroxylation is 3. The molecule has 0 bridgehead atoms. The summed E-state index contributed by atoms with van der Waals surface area (Å²) in [6.07, 6.45) is 0. The van der Waals surface area contributed by atoms with Crippen molar-refractivity contribution in [2.75, 3.05) is 13.2 Å². The molecule has 0 unspecified atom stereocenters. The summed E-state index contributed by atoms with van der Waals surface area (Å²) in [6, 6.07) is 4.19. The first-order valence-corrected chi connectivity index (χ1v) is 5.65. The fraction of sp³-hybridized carbons (Fsp3) is 0.417. The van der Waals surface area contributed by atoms with Crippen LogP contribution < -0.4 is 15.8 Å². The minimum absolute atomic E-state index is 0.306. The number of nitrogens with one attached hydrogen (secondary N) is 1. The first-order chi connectivity index (χ1) is 7.50. The molecule has 1 aromatic rings. The zero-order valence-corrected chi connectivity index (χ0v) is 10.8. The van der Waals surface area contributed by atoms with Crippen molar-refractivity contribution in [1.82, 2.24) is 5.32 Å². The van der Waals surface area contributed by atoms with Crippen LogP contribution in [-0.4, -0.2) is 18.3 Å². The van der Waals surface area contributed by atoms with Gasteiger partial charge in [-0.1, -0.05) is 6.07 Å². The molecule has 0 radical (unpaired) electrons. The van der Waals surface area contributed by atoms with E-state index in [0.717, 1.165) is 11.3 Å². The van der Waals surface area contributed by atoms with Gasteiger partial charge in [0.1, 0.15) is 12.4 Å². The lowest BCUT2D eigenvalue weighted by Gasteiger charge is -2.12. The van der Waals surface area contributed by atoms with Crippen molar-refractivity contribution in [2.45, 2.75) is 20.8 Å². The molecule has 4 heteroatoms. The van der Waals surface area contributed by atoms with Gasteiger partial charge in [0, 0.05) is 0 Å². The highest BCUT2D eigenvalue weighted by Gasteiger charge is 2.02. The third kappa shape index (κ3) is 3.70. The van der Waals surface area contributed by atoms with Crippen molar-refractivity contribution in [3.05, 3.63) is 28.8 Å². The molecular weight excluding hydrogens is 220 g/mol. The molecule has 3 nitrogen and oxygen atoms in total. The summed E-state index contributed by atoms with van der Waals surface area (Å²) >= 11 is 4.70. The topological polar surface area (TPSA) is 47.3 Å². The number of ether oxygens (including phenoxy) is 1. The van der Waals surface area contributed by atoms with E-state index >= 15 is 0 Å². The fourth-order valence-corrected chi connectivity index (χ4v) is 1.53. The molecule has 0 aromatic heterocycles. The summed E-state index contributed by atoms with van der Waals surface area (Å²) in [6.45, 7) is 7.40. The summed E-state index contributed by atoms with van der Waals surface area (Å²) in [5.41, 5.74) is 8.98. The second-order valence-corrected chi connectivity index (χ2v) is 4.28. The molecule has 88 valence electrons. The van der Waals surface area contributed by atoms with Crippen LogP contribution in [-0.2, 0) is 0 Å². The van der Waals surface area contributed by atoms with Crippen molar-refractivity contribution in [2.24, 2.45) is 5.73 Å². The normalized spacial score (nSPS) is 9.94. The van der Waals surface area contributed by atoms with Gasteiger partial charge in [0.2, 0.25) is 0 Å². The summed E-state index contributed by atoms with van der Waals surface area (Å²) in [4.78, 5) is 0. The molecule has 1 aromatic carbocycles. The Morgan fingerprint density at radius 3 is 2.50 bits per heavy atom. The Kier molecular flexibility index (Phi) is 4.55. The predicted molar refractivity (Wildman–Crippen MR) is 70.9 cm³/mol. The number of hydrogen-bond donors (Lipinski definition) is 2. The third-order valence-electron chi connectivity index (χ3n) is 2.45. The van der Waals surface area contributed by atoms with Crippen LogP contribution in [0.5, 0.6) is 5.75 Å². The van der Waals surface area contributed by atoms with Crippen molar-refractivity contribution in [3.63, 3.8) is 0 Å². The van der Waals surface area contributed by atoms with E-state index in [1.807, 2.05) is 6.92 Å². The van der Waals surface area contributed by atoms with Crippen LogP contribution in [0.15, 0.2) is 12.1 Å². The van der Waals surface area contributed by atoms with E-state index in [2.05, 4.69) is 31.3 Å². The standard InChI is InChI=1S/C12H18N2OS/c1-8-6-10(3)11(7-9(8)2)15-5-4-14-12(13)16/h6-7H,4-5H2,1-3H3,(H3,13,14,16). The van der Waals surface area contributed by atoms with Gasteiger partial charge in [-0.05, 0) is 55.7 Å². The highest BCUT2D eigenvalue weighted by molar-refractivity contribution is 7.80. The highest BCUT2D eigenvalue weighted by Crippen LogP contribution is 2.21. The van der Waals surface area contributed by atoms with Crippen molar-refractivity contribution in [1.29, 1.82) is 0 Å². The Morgan fingerprint density at radius 1 is 1.25 bits per heavy atom. The first-order valence-electron chi connectivity index (χ1n) is 5.24. The molecule has 0 spiro atoms. The first kappa shape index (κ1) is 12.8. The maximum atomic E-state index is 5.65. The van der Waals surface area contributed by atoms with Crippen molar-refractivity contribution in [3.8, 4) is 5.75 Å². The van der Waals surface area contributed by atoms with Gasteiger partial charge in [-0.15, -0.1) is 0 Å². The van der Waals surface area contributed by atoms with E-state index in [9.17, 15) is 0 Å². The molecule has 16 heavy (non-hydrogen) atoms. The van der Waals surface area contributed by atoms with E-state index in [4.69, 9.17) is 22.7 Å². The van der Waals surface area contributed by atoms with Crippen molar-refractivity contribution >= 4 is 17.3 Å². The predicted octanol–water partition coefficient (Wildman–Crippen LogP) is 1.82. The molecule has 0 saturated heterocycles. The molecular formula is C12H18N2OS. The zero-order chi connectivity index (χ0) is 12.1. The van der Waals surface area contributed by atoms with Crippen LogP contribution in [0.2, 0.25) is 0 Å². The molecule has 0 fully saturated rings. The monoisotopic (exact) mass is 238 g/mol. The Labute approximate surface area is 102 Å². The Morgan fingerprint density at radius 2 is 1.88 bits per heavy atom. The summed E-state index contributed by atoms with van der Waals surface area (Å²) in [5.74, 6) is 0.924. The second kappa shape index (κ2) is 5.70. The highest BCUT2D eigenvalue weighted by atomic mass is 32.1. The van der Waals surface area contributed by atoms with E-state index < -0.39 is 0 Å². The van der Waals surface area contributed by atoms with E-state index in [1.165, 1.54) is 11.1 Å². The maximum absolute atomic E-state index is 5.65. The van der Waals surface area contributed by atoms with Gasteiger partial charge in [-0.3, -0.25) is 0 Å². The number of rotatable bonds is 4. The molecule has 0 aliphatic carbocycles. The number of nitrogens with two attached hydrogens (primary N) is 1. The van der Waals surface area contributed by atoms with Gasteiger partial charge >= 0.3 is 0 Å². The van der Waals surface area contributed by atoms with E-state index in [0.29, 0.717) is 18.3 Å². The Bertz CT molecular complexity index is 391. The average Bonchev–Trinajstić information content (AvgIpc) is 2.19. The number of hydrogen-bond acceptors (Lipinski definition) is 2. The summed E-state index contributed by atoms with van der Waals surface area (Å²) < 4.78 is 5.65. The van der Waals surface area contributed by atoms with Crippen molar-refractivity contribution < 1.29 is 4.74 Å². The summed E-state index contributed by atoms with van der Waals surface area (Å²) in [5, 5.41) is 3.15. The van der Waals surface area contributed by atoms with Gasteiger partial charge < -0.3 is 15.8 Å². The minimum Gasteiger partial charge on any atom is -0.491 e. The van der Waals surface area contributed by atoms with Gasteiger partial charge in [0.25, 0.3) is 0 Å². The molecule has 0 amide bonds. The molecule has 0 heterocycles. The summed E-state index contributed by atoms with van der Waals surface area (Å²) in [7, 11) is 0. The van der Waals surface area contributed by atoms with Crippen LogP contribution >= 0.6 is 12.2 Å². The van der Waals surface area contributed by atoms with Gasteiger partial charge in [0.15, 0.2) is 5.11 Å².